The Morgan fingerprint density at radius 3 is 2.36 bits per heavy atom. The molecule has 2 N–H and O–H groups in total. The number of nitrogens with zero attached hydrogens (tertiary/aromatic N) is 2. The van der Waals surface area contributed by atoms with E-state index >= 15 is 0 Å². The lowest BCUT2D eigenvalue weighted by Gasteiger charge is -2.19. The fourth-order valence-electron chi connectivity index (χ4n) is 4.28. The number of carbonyl (C=O) groups is 1. The molecule has 0 atom stereocenters. The van der Waals surface area contributed by atoms with Crippen LogP contribution in [0.25, 0.3) is 22.2 Å². The first kappa shape index (κ1) is 24.7. The maximum atomic E-state index is 13.8. The average Bonchev–Trinajstić information content (AvgIpc) is 3.21. The fraction of sp³-hybridized carbons (Fsp3) is 0.200. The van der Waals surface area contributed by atoms with Crippen LogP contribution in [0.15, 0.2) is 53.4 Å². The molecular formula is C25H21Cl2N3O5S. The number of ketones is 1. The fourth-order valence-corrected chi connectivity index (χ4v) is 5.71. The molecule has 8 nitrogen and oxygen atoms in total. The summed E-state index contributed by atoms with van der Waals surface area (Å²) in [4.78, 5) is 13.7. The predicted octanol–water partition coefficient (Wildman–Crippen LogP) is 4.21. The topological polar surface area (TPSA) is 111 Å². The Kier molecular flexibility index (Phi) is 6.52. The van der Waals surface area contributed by atoms with Crippen LogP contribution >= 0.6 is 23.2 Å². The molecular weight excluding hydrogens is 525 g/mol. The summed E-state index contributed by atoms with van der Waals surface area (Å²) in [6, 6.07) is 12.5. The third-order valence-corrected chi connectivity index (χ3v) is 7.85. The van der Waals surface area contributed by atoms with E-state index in [1.54, 1.807) is 28.9 Å². The van der Waals surface area contributed by atoms with Gasteiger partial charge in [-0.2, -0.15) is 13.5 Å². The molecule has 1 heterocycles. The van der Waals surface area contributed by atoms with Gasteiger partial charge in [-0.1, -0.05) is 40.9 Å². The molecule has 0 saturated heterocycles. The van der Waals surface area contributed by atoms with Gasteiger partial charge in [0.25, 0.3) is 0 Å². The quantitative estimate of drug-likeness (QED) is 0.222. The maximum Gasteiger partial charge on any atom is 0.339 e. The molecule has 0 amide bonds. The molecule has 0 aliphatic heterocycles. The van der Waals surface area contributed by atoms with Crippen molar-refractivity contribution in [2.75, 3.05) is 19.7 Å². The Hall–Kier alpha value is -2.95. The molecule has 0 bridgehead atoms. The van der Waals surface area contributed by atoms with Crippen LogP contribution in [0.5, 0.6) is 5.75 Å². The minimum absolute atomic E-state index is 0.00138. The highest BCUT2D eigenvalue weighted by Crippen LogP contribution is 2.47. The summed E-state index contributed by atoms with van der Waals surface area (Å²) in [5.74, 6) is -0.614. The molecule has 1 aromatic heterocycles. The lowest BCUT2D eigenvalue weighted by atomic mass is 9.87. The number of benzene rings is 3. The zero-order valence-corrected chi connectivity index (χ0v) is 21.4. The number of halogens is 2. The smallest absolute Gasteiger partial charge is 0.339 e. The van der Waals surface area contributed by atoms with Gasteiger partial charge >= 0.3 is 10.1 Å². The van der Waals surface area contributed by atoms with Gasteiger partial charge in [-0.3, -0.25) is 9.48 Å². The van der Waals surface area contributed by atoms with E-state index < -0.39 is 15.9 Å². The zero-order valence-electron chi connectivity index (χ0n) is 19.1. The number of aliphatic hydroxyl groups excluding tert-OH is 1. The second kappa shape index (κ2) is 9.49. The number of nitrogens with one attached hydrogen (secondary N) is 1. The molecule has 0 radical (unpaired) electrons. The Bertz CT molecular complexity index is 1620. The van der Waals surface area contributed by atoms with Gasteiger partial charge in [0.1, 0.15) is 10.6 Å². The van der Waals surface area contributed by atoms with Crippen molar-refractivity contribution in [3.63, 3.8) is 0 Å². The highest BCUT2D eigenvalue weighted by atomic mass is 35.5. The predicted molar refractivity (Wildman–Crippen MR) is 138 cm³/mol. The van der Waals surface area contributed by atoms with Gasteiger partial charge in [-0.15, -0.1) is 0 Å². The number of carbonyl (C=O) groups excluding carboxylic acids is 1. The maximum absolute atomic E-state index is 13.8. The average molecular weight is 546 g/mol. The summed E-state index contributed by atoms with van der Waals surface area (Å²) in [7, 11) is -4.23. The molecule has 186 valence electrons. The minimum atomic E-state index is -4.23. The van der Waals surface area contributed by atoms with Crippen LogP contribution in [-0.2, 0) is 16.7 Å². The summed E-state index contributed by atoms with van der Waals surface area (Å²) < 4.78 is 33.4. The van der Waals surface area contributed by atoms with E-state index in [1.165, 1.54) is 24.3 Å². The molecule has 0 spiro atoms. The first-order valence-corrected chi connectivity index (χ1v) is 13.3. The van der Waals surface area contributed by atoms with Crippen molar-refractivity contribution in [2.24, 2.45) is 0 Å². The highest BCUT2D eigenvalue weighted by Gasteiger charge is 2.36. The van der Waals surface area contributed by atoms with Crippen molar-refractivity contribution < 1.29 is 22.5 Å². The summed E-state index contributed by atoms with van der Waals surface area (Å²) in [6.07, 6.45) is 0. The van der Waals surface area contributed by atoms with E-state index in [2.05, 4.69) is 5.32 Å². The van der Waals surface area contributed by atoms with Crippen molar-refractivity contribution in [2.45, 2.75) is 18.4 Å². The monoisotopic (exact) mass is 545 g/mol. The van der Waals surface area contributed by atoms with Crippen LogP contribution in [0.4, 0.5) is 0 Å². The number of aryl methyl sites for hydroxylation is 1. The Morgan fingerprint density at radius 2 is 1.67 bits per heavy atom. The summed E-state index contributed by atoms with van der Waals surface area (Å²) in [5, 5.41) is 17.7. The Labute approximate surface area is 217 Å². The first-order chi connectivity index (χ1) is 17.2. The molecule has 4 aromatic rings. The van der Waals surface area contributed by atoms with Gasteiger partial charge in [0, 0.05) is 24.0 Å². The lowest BCUT2D eigenvalue weighted by molar-refractivity contribution is 0.103. The van der Waals surface area contributed by atoms with Gasteiger partial charge in [0.15, 0.2) is 11.5 Å². The molecule has 0 saturated carbocycles. The van der Waals surface area contributed by atoms with Crippen molar-refractivity contribution in [3.05, 3.63) is 75.3 Å². The molecule has 1 aliphatic carbocycles. The van der Waals surface area contributed by atoms with E-state index in [0.717, 1.165) is 5.56 Å². The summed E-state index contributed by atoms with van der Waals surface area (Å²) in [6.45, 7) is 3.21. The minimum Gasteiger partial charge on any atom is -0.395 e. The van der Waals surface area contributed by atoms with Crippen LogP contribution < -0.4 is 9.50 Å². The number of fused-ring (bicyclic) bond motifs is 2. The number of rotatable bonds is 8. The van der Waals surface area contributed by atoms with Gasteiger partial charge in [-0.25, -0.2) is 0 Å². The molecule has 11 heteroatoms. The number of hydrogen-bond donors (Lipinski definition) is 2. The van der Waals surface area contributed by atoms with Crippen LogP contribution in [0, 0.1) is 6.92 Å². The largest absolute Gasteiger partial charge is 0.395 e. The molecule has 36 heavy (non-hydrogen) atoms. The van der Waals surface area contributed by atoms with Crippen molar-refractivity contribution in [1.29, 1.82) is 0 Å². The Morgan fingerprint density at radius 1 is 0.972 bits per heavy atom. The first-order valence-electron chi connectivity index (χ1n) is 11.1. The van der Waals surface area contributed by atoms with Crippen LogP contribution in [0.2, 0.25) is 10.0 Å². The van der Waals surface area contributed by atoms with Crippen molar-refractivity contribution >= 4 is 50.0 Å². The third-order valence-electron chi connectivity index (χ3n) is 5.97. The van der Waals surface area contributed by atoms with E-state index in [1.807, 2.05) is 6.92 Å². The molecule has 0 unspecified atom stereocenters. The number of hydrogen-bond acceptors (Lipinski definition) is 7. The lowest BCUT2D eigenvalue weighted by Crippen LogP contribution is -2.23. The van der Waals surface area contributed by atoms with Crippen molar-refractivity contribution in [3.8, 4) is 17.0 Å². The molecule has 0 fully saturated rings. The van der Waals surface area contributed by atoms with Crippen LogP contribution in [0.1, 0.15) is 21.5 Å². The zero-order chi connectivity index (χ0) is 25.6. The summed E-state index contributed by atoms with van der Waals surface area (Å²) >= 11 is 12.9. The number of aromatic nitrogens is 2. The van der Waals surface area contributed by atoms with Gasteiger partial charge in [0.05, 0.1) is 39.8 Å². The summed E-state index contributed by atoms with van der Waals surface area (Å²) in [5.41, 5.74) is 2.53. The van der Waals surface area contributed by atoms with E-state index in [9.17, 15) is 13.2 Å². The van der Waals surface area contributed by atoms with Gasteiger partial charge in [-0.05, 0) is 43.3 Å². The van der Waals surface area contributed by atoms with E-state index in [0.29, 0.717) is 46.8 Å². The standard InChI is InChI=1S/C25H21Cl2N3O5S/c1-14-2-4-15(5-3-14)36(33,34)35-19-9-8-18-22-23(19)25(32)21-17(27)7-6-16(26)20(21)24(22)29-30(18)12-10-28-11-13-31/h2-9,28,31H,10-13H2,1H3. The SMILES string of the molecule is Cc1ccc(S(=O)(=O)Oc2ccc3c4c(nn3CCNCCO)-c3c(Cl)ccc(Cl)c3C(=O)c24)cc1. The van der Waals surface area contributed by atoms with E-state index in [4.69, 9.17) is 37.6 Å². The third kappa shape index (κ3) is 4.16. The highest BCUT2D eigenvalue weighted by molar-refractivity contribution is 7.87. The second-order valence-electron chi connectivity index (χ2n) is 8.34. The van der Waals surface area contributed by atoms with Crippen LogP contribution in [-0.4, -0.2) is 48.8 Å². The number of aliphatic hydroxyl groups is 1. The molecule has 3 aromatic carbocycles. The van der Waals surface area contributed by atoms with Gasteiger partial charge in [0.2, 0.25) is 0 Å². The van der Waals surface area contributed by atoms with Gasteiger partial charge < -0.3 is 14.6 Å². The van der Waals surface area contributed by atoms with Crippen LogP contribution in [0.3, 0.4) is 0 Å². The molecule has 5 rings (SSSR count). The normalized spacial score (nSPS) is 12.7. The second-order valence-corrected chi connectivity index (χ2v) is 10.7. The Balaban J connectivity index is 1.70. The molecule has 1 aliphatic rings. The van der Waals surface area contributed by atoms with Crippen molar-refractivity contribution in [1.82, 2.24) is 15.1 Å². The van der Waals surface area contributed by atoms with E-state index in [-0.39, 0.29) is 33.4 Å².